The van der Waals surface area contributed by atoms with E-state index >= 15 is 0 Å². The summed E-state index contributed by atoms with van der Waals surface area (Å²) in [4.78, 5) is 11.9. The second-order valence-electron chi connectivity index (χ2n) is 4.96. The number of benzene rings is 1. The Hall–Kier alpha value is -1.49. The number of hydrogen-bond acceptors (Lipinski definition) is 2. The summed E-state index contributed by atoms with van der Waals surface area (Å²) in [5.41, 5.74) is -0.206. The van der Waals surface area contributed by atoms with Gasteiger partial charge in [-0.15, -0.1) is 0 Å². The van der Waals surface area contributed by atoms with Crippen LogP contribution in [0.25, 0.3) is 0 Å². The number of rotatable bonds is 3. The fourth-order valence-corrected chi connectivity index (χ4v) is 2.28. The summed E-state index contributed by atoms with van der Waals surface area (Å²) < 4.78 is 27.3. The second-order valence-corrected chi connectivity index (χ2v) is 4.96. The summed E-state index contributed by atoms with van der Waals surface area (Å²) in [6.07, 6.45) is 1.94. The Balaban J connectivity index is 2.01. The molecule has 1 aromatic carbocycles. The molecule has 1 aliphatic rings. The molecule has 0 aromatic heterocycles. The molecule has 1 fully saturated rings. The van der Waals surface area contributed by atoms with E-state index in [1.165, 1.54) is 13.0 Å². The van der Waals surface area contributed by atoms with Gasteiger partial charge in [0.05, 0.1) is 0 Å². The van der Waals surface area contributed by atoms with E-state index in [2.05, 4.69) is 10.6 Å². The van der Waals surface area contributed by atoms with Gasteiger partial charge in [-0.2, -0.15) is 0 Å². The minimum atomic E-state index is -0.814. The Bertz CT molecular complexity index is 471. The van der Waals surface area contributed by atoms with Crippen LogP contribution in [0.5, 0.6) is 0 Å². The SMILES string of the molecule is Cc1ccc(F)c(C(=O)NCC2CCNCC2)c1F. The molecule has 1 aromatic rings. The molecule has 0 bridgehead atoms. The van der Waals surface area contributed by atoms with Gasteiger partial charge in [0.1, 0.15) is 17.2 Å². The van der Waals surface area contributed by atoms with E-state index in [9.17, 15) is 13.6 Å². The van der Waals surface area contributed by atoms with Crippen LogP contribution >= 0.6 is 0 Å². The van der Waals surface area contributed by atoms with Crippen LogP contribution in [0.1, 0.15) is 28.8 Å². The Morgan fingerprint density at radius 3 is 2.74 bits per heavy atom. The first-order chi connectivity index (χ1) is 9.09. The number of nitrogens with one attached hydrogen (secondary N) is 2. The average Bonchev–Trinajstić information content (AvgIpc) is 2.42. The van der Waals surface area contributed by atoms with Gasteiger partial charge in [0.15, 0.2) is 0 Å². The van der Waals surface area contributed by atoms with Gasteiger partial charge in [-0.1, -0.05) is 6.07 Å². The van der Waals surface area contributed by atoms with Gasteiger partial charge in [-0.3, -0.25) is 4.79 Å². The van der Waals surface area contributed by atoms with Crippen LogP contribution in [-0.4, -0.2) is 25.5 Å². The van der Waals surface area contributed by atoms with E-state index < -0.39 is 23.1 Å². The molecule has 0 spiro atoms. The van der Waals surface area contributed by atoms with E-state index in [0.717, 1.165) is 32.0 Å². The second kappa shape index (κ2) is 6.10. The Labute approximate surface area is 111 Å². The molecule has 19 heavy (non-hydrogen) atoms. The highest BCUT2D eigenvalue weighted by Crippen LogP contribution is 2.17. The molecule has 0 radical (unpaired) electrons. The van der Waals surface area contributed by atoms with E-state index in [4.69, 9.17) is 0 Å². The number of halogens is 2. The van der Waals surface area contributed by atoms with Gasteiger partial charge < -0.3 is 10.6 Å². The molecule has 3 nitrogen and oxygen atoms in total. The van der Waals surface area contributed by atoms with E-state index in [-0.39, 0.29) is 5.56 Å². The lowest BCUT2D eigenvalue weighted by Gasteiger charge is -2.22. The number of carbonyl (C=O) groups is 1. The number of hydrogen-bond donors (Lipinski definition) is 2. The van der Waals surface area contributed by atoms with Crippen molar-refractivity contribution in [1.82, 2.24) is 10.6 Å². The van der Waals surface area contributed by atoms with Gasteiger partial charge in [-0.25, -0.2) is 8.78 Å². The molecular formula is C14H18F2N2O. The van der Waals surface area contributed by atoms with E-state index in [1.54, 1.807) is 0 Å². The predicted molar refractivity (Wildman–Crippen MR) is 69.0 cm³/mol. The van der Waals surface area contributed by atoms with Gasteiger partial charge in [-0.05, 0) is 50.4 Å². The largest absolute Gasteiger partial charge is 0.352 e. The predicted octanol–water partition coefficient (Wildman–Crippen LogP) is 2.00. The van der Waals surface area contributed by atoms with Crippen LogP contribution < -0.4 is 10.6 Å². The fourth-order valence-electron chi connectivity index (χ4n) is 2.28. The van der Waals surface area contributed by atoms with Crippen LogP contribution in [0.2, 0.25) is 0 Å². The minimum absolute atomic E-state index is 0.272. The Morgan fingerprint density at radius 1 is 1.37 bits per heavy atom. The molecule has 1 aliphatic heterocycles. The minimum Gasteiger partial charge on any atom is -0.352 e. The highest BCUT2D eigenvalue weighted by molar-refractivity contribution is 5.94. The third-order valence-corrected chi connectivity index (χ3v) is 3.52. The van der Waals surface area contributed by atoms with Crippen LogP contribution in [0.4, 0.5) is 8.78 Å². The molecule has 0 aliphatic carbocycles. The number of amides is 1. The first-order valence-corrected chi connectivity index (χ1v) is 6.53. The molecule has 0 atom stereocenters. The molecule has 1 amide bonds. The first kappa shape index (κ1) is 13.9. The third-order valence-electron chi connectivity index (χ3n) is 3.52. The molecule has 0 unspecified atom stereocenters. The summed E-state index contributed by atoms with van der Waals surface area (Å²) in [5.74, 6) is -1.88. The van der Waals surface area contributed by atoms with Crippen molar-refractivity contribution in [3.8, 4) is 0 Å². The smallest absolute Gasteiger partial charge is 0.257 e. The maximum Gasteiger partial charge on any atom is 0.257 e. The van der Waals surface area contributed by atoms with Crippen molar-refractivity contribution in [3.63, 3.8) is 0 Å². The zero-order valence-corrected chi connectivity index (χ0v) is 10.9. The quantitative estimate of drug-likeness (QED) is 0.880. The first-order valence-electron chi connectivity index (χ1n) is 6.53. The van der Waals surface area contributed by atoms with Crippen LogP contribution in [0.3, 0.4) is 0 Å². The Kier molecular flexibility index (Phi) is 4.47. The highest BCUT2D eigenvalue weighted by atomic mass is 19.1. The number of piperidine rings is 1. The highest BCUT2D eigenvalue weighted by Gasteiger charge is 2.20. The zero-order valence-electron chi connectivity index (χ0n) is 10.9. The van der Waals surface area contributed by atoms with Crippen LogP contribution in [0, 0.1) is 24.5 Å². The van der Waals surface area contributed by atoms with Gasteiger partial charge in [0.2, 0.25) is 0 Å². The topological polar surface area (TPSA) is 41.1 Å². The maximum atomic E-state index is 13.8. The summed E-state index contributed by atoms with van der Waals surface area (Å²) >= 11 is 0. The molecule has 0 saturated carbocycles. The zero-order chi connectivity index (χ0) is 13.8. The van der Waals surface area contributed by atoms with Gasteiger partial charge in [0, 0.05) is 6.54 Å². The summed E-state index contributed by atoms with van der Waals surface area (Å²) in [6, 6.07) is 2.45. The summed E-state index contributed by atoms with van der Waals surface area (Å²) in [5, 5.41) is 5.86. The van der Waals surface area contributed by atoms with Gasteiger partial charge >= 0.3 is 0 Å². The molecule has 104 valence electrons. The third kappa shape index (κ3) is 3.29. The van der Waals surface area contributed by atoms with Crippen LogP contribution in [0.15, 0.2) is 12.1 Å². The fraction of sp³-hybridized carbons (Fsp3) is 0.500. The van der Waals surface area contributed by atoms with Crippen molar-refractivity contribution >= 4 is 5.91 Å². The molecule has 2 N–H and O–H groups in total. The molecular weight excluding hydrogens is 250 g/mol. The van der Waals surface area contributed by atoms with E-state index in [1.807, 2.05) is 0 Å². The molecule has 1 heterocycles. The average molecular weight is 268 g/mol. The summed E-state index contributed by atoms with van der Waals surface area (Å²) in [6.45, 7) is 3.83. The molecule has 2 rings (SSSR count). The van der Waals surface area contributed by atoms with Crippen molar-refractivity contribution < 1.29 is 13.6 Å². The molecule has 1 saturated heterocycles. The monoisotopic (exact) mass is 268 g/mol. The van der Waals surface area contributed by atoms with Crippen molar-refractivity contribution in [2.75, 3.05) is 19.6 Å². The van der Waals surface area contributed by atoms with Crippen molar-refractivity contribution in [2.45, 2.75) is 19.8 Å². The van der Waals surface area contributed by atoms with Crippen molar-refractivity contribution in [3.05, 3.63) is 34.9 Å². The standard InChI is InChI=1S/C14H18F2N2O/c1-9-2-3-11(15)12(13(9)16)14(19)18-8-10-4-6-17-7-5-10/h2-3,10,17H,4-8H2,1H3,(H,18,19). The lowest BCUT2D eigenvalue weighted by molar-refractivity contribution is 0.0935. The normalized spacial score (nSPS) is 16.4. The van der Waals surface area contributed by atoms with E-state index in [0.29, 0.717) is 12.5 Å². The summed E-state index contributed by atoms with van der Waals surface area (Å²) in [7, 11) is 0. The van der Waals surface area contributed by atoms with Crippen LogP contribution in [-0.2, 0) is 0 Å². The Morgan fingerprint density at radius 2 is 2.05 bits per heavy atom. The number of carbonyl (C=O) groups excluding carboxylic acids is 1. The maximum absolute atomic E-state index is 13.8. The van der Waals surface area contributed by atoms with Crippen molar-refractivity contribution in [2.24, 2.45) is 5.92 Å². The van der Waals surface area contributed by atoms with Gasteiger partial charge in [0.25, 0.3) is 5.91 Å². The van der Waals surface area contributed by atoms with Crippen molar-refractivity contribution in [1.29, 1.82) is 0 Å². The lowest BCUT2D eigenvalue weighted by atomic mass is 9.98. The molecule has 5 heteroatoms. The number of aryl methyl sites for hydroxylation is 1. The lowest BCUT2D eigenvalue weighted by Crippen LogP contribution is -2.36.